The molecule has 100 valence electrons. The van der Waals surface area contributed by atoms with Crippen molar-refractivity contribution in [2.24, 2.45) is 0 Å². The molecule has 0 saturated heterocycles. The fraction of sp³-hybridized carbons (Fsp3) is 0.182. The molecule has 0 radical (unpaired) electrons. The molecule has 0 unspecified atom stereocenters. The number of pyridine rings is 1. The van der Waals surface area contributed by atoms with Crippen molar-refractivity contribution in [1.82, 2.24) is 15.0 Å². The van der Waals surface area contributed by atoms with Crippen molar-refractivity contribution < 1.29 is 13.2 Å². The van der Waals surface area contributed by atoms with Gasteiger partial charge in [0.1, 0.15) is 12.1 Å². The van der Waals surface area contributed by atoms with Gasteiger partial charge in [-0.15, -0.1) is 0 Å². The molecule has 8 heteroatoms. The number of alkyl halides is 3. The first-order valence-electron chi connectivity index (χ1n) is 5.18. The van der Waals surface area contributed by atoms with Crippen LogP contribution in [0.4, 0.5) is 19.0 Å². The third-order valence-corrected chi connectivity index (χ3v) is 2.67. The average Bonchev–Trinajstić information content (AvgIpc) is 2.37. The zero-order valence-corrected chi connectivity index (χ0v) is 11.0. The van der Waals surface area contributed by atoms with Crippen LogP contribution in [-0.4, -0.2) is 15.0 Å². The van der Waals surface area contributed by atoms with Gasteiger partial charge in [0, 0.05) is 16.9 Å². The van der Waals surface area contributed by atoms with E-state index in [0.717, 1.165) is 6.07 Å². The van der Waals surface area contributed by atoms with Gasteiger partial charge in [-0.1, -0.05) is 0 Å². The largest absolute Gasteiger partial charge is 0.419 e. The summed E-state index contributed by atoms with van der Waals surface area (Å²) in [4.78, 5) is 11.4. The monoisotopic (exact) mass is 332 g/mol. The van der Waals surface area contributed by atoms with Crippen LogP contribution >= 0.6 is 15.9 Å². The Morgan fingerprint density at radius 1 is 1.26 bits per heavy atom. The van der Waals surface area contributed by atoms with Gasteiger partial charge in [-0.25, -0.2) is 15.0 Å². The van der Waals surface area contributed by atoms with E-state index in [1.165, 1.54) is 18.7 Å². The summed E-state index contributed by atoms with van der Waals surface area (Å²) in [7, 11) is 0. The molecule has 0 fully saturated rings. The maximum absolute atomic E-state index is 12.8. The highest BCUT2D eigenvalue weighted by Gasteiger charge is 2.34. The highest BCUT2D eigenvalue weighted by atomic mass is 79.9. The predicted octanol–water partition coefficient (Wildman–Crippen LogP) is 3.27. The molecule has 19 heavy (non-hydrogen) atoms. The van der Waals surface area contributed by atoms with Crippen LogP contribution in [0, 0.1) is 0 Å². The van der Waals surface area contributed by atoms with E-state index < -0.39 is 11.7 Å². The average molecular weight is 333 g/mol. The number of nitrogens with one attached hydrogen (secondary N) is 1. The van der Waals surface area contributed by atoms with Gasteiger partial charge in [0.2, 0.25) is 0 Å². The summed E-state index contributed by atoms with van der Waals surface area (Å²) in [5, 5.41) is 2.62. The highest BCUT2D eigenvalue weighted by Crippen LogP contribution is 2.35. The summed E-state index contributed by atoms with van der Waals surface area (Å²) in [5.41, 5.74) is -0.247. The quantitative estimate of drug-likeness (QED) is 0.937. The maximum Gasteiger partial charge on any atom is 0.419 e. The second kappa shape index (κ2) is 5.52. The Kier molecular flexibility index (Phi) is 3.98. The lowest BCUT2D eigenvalue weighted by Gasteiger charge is -2.13. The van der Waals surface area contributed by atoms with E-state index in [1.54, 1.807) is 6.07 Å². The van der Waals surface area contributed by atoms with Crippen LogP contribution in [0.5, 0.6) is 0 Å². The fourth-order valence-electron chi connectivity index (χ4n) is 1.39. The molecular weight excluding hydrogens is 325 g/mol. The van der Waals surface area contributed by atoms with E-state index in [2.05, 4.69) is 36.2 Å². The van der Waals surface area contributed by atoms with Crippen molar-refractivity contribution in [2.45, 2.75) is 12.7 Å². The number of rotatable bonds is 3. The molecule has 2 aromatic rings. The minimum absolute atomic E-state index is 0.139. The molecule has 2 heterocycles. The first kappa shape index (κ1) is 13.7. The fourth-order valence-corrected chi connectivity index (χ4v) is 1.72. The summed E-state index contributed by atoms with van der Waals surface area (Å²) in [5.74, 6) is -0.227. The second-order valence-electron chi connectivity index (χ2n) is 3.60. The SMILES string of the molecule is FC(F)(F)c1cc(Br)cnc1NCc1ccncn1. The van der Waals surface area contributed by atoms with Crippen LogP contribution in [0.25, 0.3) is 0 Å². The van der Waals surface area contributed by atoms with Crippen LogP contribution in [-0.2, 0) is 12.7 Å². The molecular formula is C11H8BrF3N4. The Morgan fingerprint density at radius 3 is 2.68 bits per heavy atom. The van der Waals surface area contributed by atoms with Gasteiger partial charge in [0.25, 0.3) is 0 Å². The Labute approximate surface area is 115 Å². The molecule has 0 bridgehead atoms. The molecule has 4 nitrogen and oxygen atoms in total. The molecule has 0 saturated carbocycles. The van der Waals surface area contributed by atoms with E-state index in [4.69, 9.17) is 0 Å². The number of aromatic nitrogens is 3. The van der Waals surface area contributed by atoms with E-state index in [9.17, 15) is 13.2 Å². The standard InChI is InChI=1S/C11H8BrF3N4/c12-7-3-9(11(13,14)15)10(17-4-7)18-5-8-1-2-16-6-19-8/h1-4,6H,5H2,(H,17,18). The van der Waals surface area contributed by atoms with Crippen LogP contribution in [0.2, 0.25) is 0 Å². The second-order valence-corrected chi connectivity index (χ2v) is 4.52. The van der Waals surface area contributed by atoms with Gasteiger partial charge in [0.05, 0.1) is 17.8 Å². The first-order chi connectivity index (χ1) is 8.97. The lowest BCUT2D eigenvalue weighted by Crippen LogP contribution is -2.12. The number of nitrogens with zero attached hydrogens (tertiary/aromatic N) is 3. The van der Waals surface area contributed by atoms with Crippen LogP contribution < -0.4 is 5.32 Å². The molecule has 0 atom stereocenters. The maximum atomic E-state index is 12.8. The molecule has 0 amide bonds. The third kappa shape index (κ3) is 3.63. The van der Waals surface area contributed by atoms with Gasteiger partial charge in [0.15, 0.2) is 0 Å². The van der Waals surface area contributed by atoms with Crippen LogP contribution in [0.3, 0.4) is 0 Å². The smallest absolute Gasteiger partial charge is 0.364 e. The number of halogens is 4. The lowest BCUT2D eigenvalue weighted by molar-refractivity contribution is -0.137. The molecule has 1 N–H and O–H groups in total. The minimum Gasteiger partial charge on any atom is -0.364 e. The van der Waals surface area contributed by atoms with Crippen molar-refractivity contribution in [2.75, 3.05) is 5.32 Å². The van der Waals surface area contributed by atoms with Crippen LogP contribution in [0.1, 0.15) is 11.3 Å². The van der Waals surface area contributed by atoms with Crippen LogP contribution in [0.15, 0.2) is 35.3 Å². The lowest BCUT2D eigenvalue weighted by atomic mass is 10.2. The summed E-state index contributed by atoms with van der Waals surface area (Å²) in [6.45, 7) is 0.139. The molecule has 0 aliphatic carbocycles. The van der Waals surface area contributed by atoms with Gasteiger partial charge in [-0.2, -0.15) is 13.2 Å². The Morgan fingerprint density at radius 2 is 2.05 bits per heavy atom. The van der Waals surface area contributed by atoms with E-state index in [0.29, 0.717) is 5.69 Å². The first-order valence-corrected chi connectivity index (χ1v) is 5.97. The topological polar surface area (TPSA) is 50.7 Å². The molecule has 0 aromatic carbocycles. The molecule has 0 aliphatic heterocycles. The summed E-state index contributed by atoms with van der Waals surface area (Å²) in [6.07, 6.45) is -0.317. The third-order valence-electron chi connectivity index (χ3n) is 2.24. The van der Waals surface area contributed by atoms with E-state index in [1.807, 2.05) is 0 Å². The number of hydrogen-bond acceptors (Lipinski definition) is 4. The van der Waals surface area contributed by atoms with Crippen molar-refractivity contribution in [1.29, 1.82) is 0 Å². The van der Waals surface area contributed by atoms with E-state index in [-0.39, 0.29) is 16.8 Å². The zero-order chi connectivity index (χ0) is 13.9. The van der Waals surface area contributed by atoms with Crippen molar-refractivity contribution in [3.05, 3.63) is 46.6 Å². The van der Waals surface area contributed by atoms with Gasteiger partial charge >= 0.3 is 6.18 Å². The normalized spacial score (nSPS) is 11.4. The number of anilines is 1. The number of hydrogen-bond donors (Lipinski definition) is 1. The Bertz CT molecular complexity index is 560. The summed E-state index contributed by atoms with van der Waals surface area (Å²) >= 11 is 2.97. The zero-order valence-electron chi connectivity index (χ0n) is 9.45. The molecule has 0 spiro atoms. The predicted molar refractivity (Wildman–Crippen MR) is 66.3 cm³/mol. The van der Waals surface area contributed by atoms with Gasteiger partial charge < -0.3 is 5.32 Å². The Hall–Kier alpha value is -1.70. The highest BCUT2D eigenvalue weighted by molar-refractivity contribution is 9.10. The molecule has 2 rings (SSSR count). The van der Waals surface area contributed by atoms with Gasteiger partial charge in [-0.3, -0.25) is 0 Å². The molecule has 2 aromatic heterocycles. The van der Waals surface area contributed by atoms with Crippen molar-refractivity contribution in [3.8, 4) is 0 Å². The van der Waals surface area contributed by atoms with E-state index >= 15 is 0 Å². The van der Waals surface area contributed by atoms with Crippen molar-refractivity contribution in [3.63, 3.8) is 0 Å². The Balaban J connectivity index is 2.21. The van der Waals surface area contributed by atoms with Crippen molar-refractivity contribution >= 4 is 21.7 Å². The van der Waals surface area contributed by atoms with Gasteiger partial charge in [-0.05, 0) is 28.1 Å². The molecule has 0 aliphatic rings. The summed E-state index contributed by atoms with van der Waals surface area (Å²) in [6, 6.07) is 2.59. The summed E-state index contributed by atoms with van der Waals surface area (Å²) < 4.78 is 38.8. The minimum atomic E-state index is -4.47.